The molecular weight excluding hydrogens is 326 g/mol. The van der Waals surface area contributed by atoms with Gasteiger partial charge in [0.25, 0.3) is 0 Å². The smallest absolute Gasteiger partial charge is 0.169 e. The number of fused-ring (bicyclic) bond motifs is 1. The van der Waals surface area contributed by atoms with Crippen LogP contribution in [0.4, 0.5) is 0 Å². The molecule has 0 amide bonds. The lowest BCUT2D eigenvalue weighted by atomic mass is 9.97. The van der Waals surface area contributed by atoms with Crippen LogP contribution in [0.3, 0.4) is 0 Å². The molecule has 0 saturated heterocycles. The number of hydrogen-bond donors (Lipinski definition) is 4. The standard InChI is InChI=1S/C18H15NO4S/c20-10-4-5-11(14(21)8-10)13-9-19-18(24)16(13)12-2-1-3-15-17(12)23-7-6-22-15/h1-5,8-9,19-21,24H,6-7H2. The van der Waals surface area contributed by atoms with Gasteiger partial charge in [0.1, 0.15) is 24.7 Å². The van der Waals surface area contributed by atoms with Crippen LogP contribution in [0.2, 0.25) is 0 Å². The number of aromatic hydroxyl groups is 2. The lowest BCUT2D eigenvalue weighted by molar-refractivity contribution is 0.172. The predicted octanol–water partition coefficient (Wildman–Crippen LogP) is 3.82. The first-order valence-corrected chi connectivity index (χ1v) is 7.91. The maximum Gasteiger partial charge on any atom is 0.169 e. The molecule has 2 aromatic carbocycles. The highest BCUT2D eigenvalue weighted by Crippen LogP contribution is 2.47. The Kier molecular flexibility index (Phi) is 3.54. The van der Waals surface area contributed by atoms with Crippen LogP contribution in [-0.2, 0) is 0 Å². The fourth-order valence-electron chi connectivity index (χ4n) is 2.92. The summed E-state index contributed by atoms with van der Waals surface area (Å²) in [7, 11) is 0. The van der Waals surface area contributed by atoms with Crippen molar-refractivity contribution in [2.75, 3.05) is 13.2 Å². The van der Waals surface area contributed by atoms with Gasteiger partial charge in [0, 0.05) is 34.5 Å². The van der Waals surface area contributed by atoms with E-state index in [1.807, 2.05) is 18.2 Å². The second-order valence-electron chi connectivity index (χ2n) is 5.46. The average Bonchev–Trinajstić information content (AvgIpc) is 2.95. The summed E-state index contributed by atoms with van der Waals surface area (Å²) in [4.78, 5) is 3.08. The second kappa shape index (κ2) is 5.72. The molecule has 1 aromatic heterocycles. The number of H-pyrrole nitrogens is 1. The zero-order valence-electron chi connectivity index (χ0n) is 12.6. The van der Waals surface area contributed by atoms with Crippen molar-refractivity contribution in [1.29, 1.82) is 0 Å². The van der Waals surface area contributed by atoms with E-state index in [1.165, 1.54) is 12.1 Å². The topological polar surface area (TPSA) is 74.7 Å². The van der Waals surface area contributed by atoms with Crippen LogP contribution < -0.4 is 9.47 Å². The molecule has 3 N–H and O–H groups in total. The number of phenols is 2. The largest absolute Gasteiger partial charge is 0.508 e. The van der Waals surface area contributed by atoms with E-state index in [0.717, 1.165) is 16.7 Å². The van der Waals surface area contributed by atoms with Gasteiger partial charge in [-0.05, 0) is 18.2 Å². The highest BCUT2D eigenvalue weighted by atomic mass is 32.1. The normalized spacial score (nSPS) is 13.0. The Morgan fingerprint density at radius 2 is 1.79 bits per heavy atom. The van der Waals surface area contributed by atoms with Crippen LogP contribution in [0, 0.1) is 0 Å². The average molecular weight is 341 g/mol. The van der Waals surface area contributed by atoms with E-state index in [2.05, 4.69) is 17.6 Å². The van der Waals surface area contributed by atoms with Gasteiger partial charge < -0.3 is 24.7 Å². The number of benzene rings is 2. The van der Waals surface area contributed by atoms with Crippen LogP contribution in [0.25, 0.3) is 22.3 Å². The van der Waals surface area contributed by atoms with E-state index in [0.29, 0.717) is 35.3 Å². The molecule has 122 valence electrons. The first kappa shape index (κ1) is 14.8. The molecule has 3 aromatic rings. The Morgan fingerprint density at radius 1 is 0.958 bits per heavy atom. The van der Waals surface area contributed by atoms with Gasteiger partial charge in [-0.15, -0.1) is 12.6 Å². The lowest BCUT2D eigenvalue weighted by Gasteiger charge is -2.21. The number of hydrogen-bond acceptors (Lipinski definition) is 5. The van der Waals surface area contributed by atoms with Gasteiger partial charge in [0.05, 0.1) is 5.03 Å². The number of aromatic nitrogens is 1. The molecule has 1 aliphatic rings. The molecule has 0 radical (unpaired) electrons. The number of nitrogens with one attached hydrogen (secondary N) is 1. The molecule has 1 aliphatic heterocycles. The minimum absolute atomic E-state index is 0.00764. The summed E-state index contributed by atoms with van der Waals surface area (Å²) in [6.07, 6.45) is 1.77. The molecule has 0 unspecified atom stereocenters. The summed E-state index contributed by atoms with van der Waals surface area (Å²) in [5.74, 6) is 1.35. The van der Waals surface area contributed by atoms with E-state index in [-0.39, 0.29) is 11.5 Å². The third-order valence-electron chi connectivity index (χ3n) is 3.97. The Morgan fingerprint density at radius 3 is 2.62 bits per heavy atom. The van der Waals surface area contributed by atoms with Crippen molar-refractivity contribution >= 4 is 12.6 Å². The first-order valence-electron chi connectivity index (χ1n) is 7.47. The number of phenolic OH excluding ortho intramolecular Hbond substituents is 2. The molecule has 0 bridgehead atoms. The fourth-order valence-corrected chi connectivity index (χ4v) is 3.22. The third-order valence-corrected chi connectivity index (χ3v) is 4.32. The van der Waals surface area contributed by atoms with Crippen LogP contribution in [-0.4, -0.2) is 28.4 Å². The second-order valence-corrected chi connectivity index (χ2v) is 5.90. The van der Waals surface area contributed by atoms with Crippen molar-refractivity contribution in [3.05, 3.63) is 42.6 Å². The Labute approximate surface area is 143 Å². The molecule has 2 heterocycles. The molecule has 0 fully saturated rings. The van der Waals surface area contributed by atoms with Crippen molar-refractivity contribution in [3.8, 4) is 45.3 Å². The van der Waals surface area contributed by atoms with Crippen LogP contribution in [0.5, 0.6) is 23.0 Å². The van der Waals surface area contributed by atoms with Gasteiger partial charge in [0.15, 0.2) is 11.5 Å². The summed E-state index contributed by atoms with van der Waals surface area (Å²) in [6.45, 7) is 0.999. The van der Waals surface area contributed by atoms with Crippen molar-refractivity contribution < 1.29 is 19.7 Å². The third kappa shape index (κ3) is 2.35. The molecule has 4 rings (SSSR count). The van der Waals surface area contributed by atoms with Crippen LogP contribution in [0.15, 0.2) is 47.6 Å². The lowest BCUT2D eigenvalue weighted by Crippen LogP contribution is -2.15. The van der Waals surface area contributed by atoms with E-state index in [1.54, 1.807) is 12.3 Å². The first-order chi connectivity index (χ1) is 11.6. The Bertz CT molecular complexity index is 919. The summed E-state index contributed by atoms with van der Waals surface area (Å²) >= 11 is 4.52. The number of ether oxygens (including phenoxy) is 2. The van der Waals surface area contributed by atoms with Gasteiger partial charge >= 0.3 is 0 Å². The minimum atomic E-state index is -0.00875. The summed E-state index contributed by atoms with van der Waals surface area (Å²) in [6, 6.07) is 10.2. The monoisotopic (exact) mass is 341 g/mol. The highest BCUT2D eigenvalue weighted by molar-refractivity contribution is 7.80. The zero-order valence-corrected chi connectivity index (χ0v) is 13.5. The minimum Gasteiger partial charge on any atom is -0.508 e. The Balaban J connectivity index is 1.93. The molecular formula is C18H15NO4S. The van der Waals surface area contributed by atoms with Gasteiger partial charge in [-0.25, -0.2) is 0 Å². The summed E-state index contributed by atoms with van der Waals surface area (Å²) < 4.78 is 11.4. The molecule has 6 heteroatoms. The molecule has 5 nitrogen and oxygen atoms in total. The quantitative estimate of drug-likeness (QED) is 0.535. The van der Waals surface area contributed by atoms with E-state index in [9.17, 15) is 10.2 Å². The van der Waals surface area contributed by atoms with Crippen molar-refractivity contribution in [2.45, 2.75) is 5.03 Å². The molecule has 0 atom stereocenters. The summed E-state index contributed by atoms with van der Waals surface area (Å²) in [5, 5.41) is 20.4. The van der Waals surface area contributed by atoms with E-state index >= 15 is 0 Å². The van der Waals surface area contributed by atoms with Gasteiger partial charge in [-0.3, -0.25) is 0 Å². The van der Waals surface area contributed by atoms with Gasteiger partial charge in [0.2, 0.25) is 0 Å². The highest BCUT2D eigenvalue weighted by Gasteiger charge is 2.23. The van der Waals surface area contributed by atoms with Crippen LogP contribution in [0.1, 0.15) is 0 Å². The van der Waals surface area contributed by atoms with Crippen molar-refractivity contribution in [2.24, 2.45) is 0 Å². The van der Waals surface area contributed by atoms with Crippen LogP contribution >= 0.6 is 12.6 Å². The maximum atomic E-state index is 10.2. The fraction of sp³-hybridized carbons (Fsp3) is 0.111. The maximum absolute atomic E-state index is 10.2. The van der Waals surface area contributed by atoms with E-state index in [4.69, 9.17) is 9.47 Å². The van der Waals surface area contributed by atoms with Gasteiger partial charge in [-0.1, -0.05) is 12.1 Å². The van der Waals surface area contributed by atoms with Crippen molar-refractivity contribution in [1.82, 2.24) is 4.98 Å². The molecule has 0 saturated carbocycles. The summed E-state index contributed by atoms with van der Waals surface area (Å²) in [5.41, 5.74) is 3.00. The molecule has 0 aliphatic carbocycles. The number of thiol groups is 1. The van der Waals surface area contributed by atoms with Crippen molar-refractivity contribution in [3.63, 3.8) is 0 Å². The van der Waals surface area contributed by atoms with Gasteiger partial charge in [-0.2, -0.15) is 0 Å². The number of rotatable bonds is 2. The molecule has 24 heavy (non-hydrogen) atoms. The predicted molar refractivity (Wildman–Crippen MR) is 93.2 cm³/mol. The SMILES string of the molecule is Oc1ccc(-c2c[nH]c(S)c2-c2cccc3c2OCCO3)c(O)c1. The molecule has 0 spiro atoms. The van der Waals surface area contributed by atoms with E-state index < -0.39 is 0 Å². The number of para-hydroxylation sites is 1. The Hall–Kier alpha value is -2.73. The zero-order chi connectivity index (χ0) is 16.7. The number of aromatic amines is 1.